The second kappa shape index (κ2) is 6.98. The van der Waals surface area contributed by atoms with Gasteiger partial charge in [0.1, 0.15) is 5.52 Å². The highest BCUT2D eigenvalue weighted by Crippen LogP contribution is 2.32. The maximum absolute atomic E-state index is 12.0. The number of carbonyl (C=O) groups is 1. The Kier molecular flexibility index (Phi) is 4.78. The third-order valence-electron chi connectivity index (χ3n) is 3.31. The first-order chi connectivity index (χ1) is 11.6. The van der Waals surface area contributed by atoms with Gasteiger partial charge >= 0.3 is 0 Å². The molecule has 0 saturated carbocycles. The molecule has 1 aromatic heterocycles. The molecule has 1 heterocycles. The van der Waals surface area contributed by atoms with Crippen LogP contribution in [0.25, 0.3) is 10.9 Å². The Morgan fingerprint density at radius 3 is 2.92 bits per heavy atom. The highest BCUT2D eigenvalue weighted by molar-refractivity contribution is 9.10. The Balaban J connectivity index is 1.86. The number of halogens is 2. The number of phenols is 1. The number of nitrogens with zero attached hydrogens (tertiary/aromatic N) is 2. The summed E-state index contributed by atoms with van der Waals surface area (Å²) in [5, 5.41) is 14.8. The second-order valence-electron chi connectivity index (χ2n) is 4.91. The van der Waals surface area contributed by atoms with E-state index in [2.05, 4.69) is 31.4 Å². The van der Waals surface area contributed by atoms with Crippen molar-refractivity contribution < 1.29 is 9.90 Å². The van der Waals surface area contributed by atoms with Crippen LogP contribution in [0.1, 0.15) is 15.9 Å². The SMILES string of the molecule is O=C(N/N=C\c1cc(Cl)c(O)c2ncccc12)c1cccc(Br)c1. The minimum Gasteiger partial charge on any atom is -0.504 e. The molecule has 0 unspecified atom stereocenters. The summed E-state index contributed by atoms with van der Waals surface area (Å²) in [5.74, 6) is -0.414. The molecule has 0 bridgehead atoms. The predicted octanol–water partition coefficient (Wildman–Crippen LogP) is 4.12. The van der Waals surface area contributed by atoms with Gasteiger partial charge in [-0.3, -0.25) is 9.78 Å². The molecular formula is C17H11BrClN3O2. The lowest BCUT2D eigenvalue weighted by Crippen LogP contribution is -2.17. The van der Waals surface area contributed by atoms with Crippen molar-refractivity contribution >= 4 is 50.6 Å². The van der Waals surface area contributed by atoms with Crippen molar-refractivity contribution in [3.63, 3.8) is 0 Å². The van der Waals surface area contributed by atoms with Crippen molar-refractivity contribution in [1.29, 1.82) is 0 Å². The Bertz CT molecular complexity index is 960. The van der Waals surface area contributed by atoms with E-state index in [4.69, 9.17) is 11.6 Å². The summed E-state index contributed by atoms with van der Waals surface area (Å²) in [6, 6.07) is 12.1. The molecule has 2 aromatic carbocycles. The summed E-state index contributed by atoms with van der Waals surface area (Å²) >= 11 is 9.32. The molecule has 0 atom stereocenters. The van der Waals surface area contributed by atoms with E-state index in [-0.39, 0.29) is 16.7 Å². The summed E-state index contributed by atoms with van der Waals surface area (Å²) in [7, 11) is 0. The molecule has 3 aromatic rings. The van der Waals surface area contributed by atoms with Gasteiger partial charge in [-0.05, 0) is 30.3 Å². The van der Waals surface area contributed by atoms with Gasteiger partial charge in [0, 0.05) is 27.2 Å². The topological polar surface area (TPSA) is 74.6 Å². The first-order valence-electron chi connectivity index (χ1n) is 6.91. The fourth-order valence-corrected chi connectivity index (χ4v) is 2.79. The van der Waals surface area contributed by atoms with Gasteiger partial charge in [-0.25, -0.2) is 5.43 Å². The summed E-state index contributed by atoms with van der Waals surface area (Å²) in [6.07, 6.45) is 3.03. The molecule has 1 amide bonds. The lowest BCUT2D eigenvalue weighted by molar-refractivity contribution is 0.0955. The van der Waals surface area contributed by atoms with E-state index in [1.165, 1.54) is 6.21 Å². The van der Waals surface area contributed by atoms with Gasteiger partial charge in [-0.2, -0.15) is 5.10 Å². The van der Waals surface area contributed by atoms with E-state index in [0.29, 0.717) is 22.0 Å². The van der Waals surface area contributed by atoms with E-state index in [1.807, 2.05) is 6.07 Å². The molecule has 0 fully saturated rings. The van der Waals surface area contributed by atoms with Crippen molar-refractivity contribution in [1.82, 2.24) is 10.4 Å². The van der Waals surface area contributed by atoms with Crippen molar-refractivity contribution in [3.8, 4) is 5.75 Å². The number of aromatic nitrogens is 1. The number of nitrogens with one attached hydrogen (secondary N) is 1. The van der Waals surface area contributed by atoms with Gasteiger partial charge in [0.2, 0.25) is 0 Å². The van der Waals surface area contributed by atoms with Crippen molar-refractivity contribution in [3.05, 3.63) is 69.3 Å². The van der Waals surface area contributed by atoms with Gasteiger partial charge in [0.15, 0.2) is 5.75 Å². The van der Waals surface area contributed by atoms with E-state index < -0.39 is 0 Å². The minimum atomic E-state index is -0.333. The Morgan fingerprint density at radius 2 is 2.12 bits per heavy atom. The molecule has 0 spiro atoms. The van der Waals surface area contributed by atoms with Gasteiger partial charge in [0.05, 0.1) is 11.2 Å². The molecule has 5 nitrogen and oxygen atoms in total. The van der Waals surface area contributed by atoms with Gasteiger partial charge in [-0.15, -0.1) is 0 Å². The lowest BCUT2D eigenvalue weighted by atomic mass is 10.1. The largest absolute Gasteiger partial charge is 0.504 e. The van der Waals surface area contributed by atoms with E-state index >= 15 is 0 Å². The van der Waals surface area contributed by atoms with Crippen molar-refractivity contribution in [2.75, 3.05) is 0 Å². The Morgan fingerprint density at radius 1 is 1.29 bits per heavy atom. The number of hydrazone groups is 1. The normalized spacial score (nSPS) is 11.1. The Hall–Kier alpha value is -2.44. The van der Waals surface area contributed by atoms with Crippen LogP contribution in [0.15, 0.2) is 58.2 Å². The first-order valence-corrected chi connectivity index (χ1v) is 8.08. The number of benzene rings is 2. The predicted molar refractivity (Wildman–Crippen MR) is 97.6 cm³/mol. The Labute approximate surface area is 151 Å². The maximum Gasteiger partial charge on any atom is 0.271 e. The molecule has 120 valence electrons. The van der Waals surface area contributed by atoms with Crippen LogP contribution in [0.4, 0.5) is 0 Å². The molecule has 3 rings (SSSR count). The molecule has 7 heteroatoms. The molecule has 0 radical (unpaired) electrons. The molecule has 0 aliphatic carbocycles. The quantitative estimate of drug-likeness (QED) is 0.509. The lowest BCUT2D eigenvalue weighted by Gasteiger charge is -2.06. The number of hydrogen-bond acceptors (Lipinski definition) is 4. The second-order valence-corrected chi connectivity index (χ2v) is 6.23. The van der Waals surface area contributed by atoms with E-state index in [0.717, 1.165) is 4.47 Å². The molecule has 24 heavy (non-hydrogen) atoms. The zero-order chi connectivity index (χ0) is 17.1. The third-order valence-corrected chi connectivity index (χ3v) is 4.09. The highest BCUT2D eigenvalue weighted by Gasteiger charge is 2.10. The van der Waals surface area contributed by atoms with Crippen LogP contribution in [-0.2, 0) is 0 Å². The van der Waals surface area contributed by atoms with Crippen LogP contribution in [0, 0.1) is 0 Å². The van der Waals surface area contributed by atoms with Crippen molar-refractivity contribution in [2.45, 2.75) is 0 Å². The standard InChI is InChI=1S/C17H11BrClN3O2/c18-12-4-1-3-10(7-12)17(24)22-21-9-11-8-14(19)16(23)15-13(11)5-2-6-20-15/h1-9,23H,(H,22,24)/b21-9-. The minimum absolute atomic E-state index is 0.0809. The zero-order valence-electron chi connectivity index (χ0n) is 12.2. The number of phenolic OH excluding ortho intramolecular Hbond substituents is 1. The zero-order valence-corrected chi connectivity index (χ0v) is 14.5. The third kappa shape index (κ3) is 3.39. The van der Waals surface area contributed by atoms with Crippen LogP contribution < -0.4 is 5.43 Å². The smallest absolute Gasteiger partial charge is 0.271 e. The average molecular weight is 405 g/mol. The number of rotatable bonds is 3. The molecule has 0 aliphatic heterocycles. The number of hydrogen-bond donors (Lipinski definition) is 2. The monoisotopic (exact) mass is 403 g/mol. The fourth-order valence-electron chi connectivity index (χ4n) is 2.18. The van der Waals surface area contributed by atoms with Gasteiger partial charge in [-0.1, -0.05) is 39.7 Å². The van der Waals surface area contributed by atoms with E-state index in [9.17, 15) is 9.90 Å². The number of fused-ring (bicyclic) bond motifs is 1. The number of pyridine rings is 1. The van der Waals surface area contributed by atoms with Gasteiger partial charge < -0.3 is 5.11 Å². The van der Waals surface area contributed by atoms with E-state index in [1.54, 1.807) is 42.6 Å². The summed E-state index contributed by atoms with van der Waals surface area (Å²) in [6.45, 7) is 0. The fraction of sp³-hybridized carbons (Fsp3) is 0. The molecule has 0 saturated heterocycles. The molecule has 0 aliphatic rings. The molecule has 2 N–H and O–H groups in total. The summed E-state index contributed by atoms with van der Waals surface area (Å²) in [4.78, 5) is 16.2. The van der Waals surface area contributed by atoms with Crippen molar-refractivity contribution in [2.24, 2.45) is 5.10 Å². The van der Waals surface area contributed by atoms with Gasteiger partial charge in [0.25, 0.3) is 5.91 Å². The number of aromatic hydroxyl groups is 1. The van der Waals surface area contributed by atoms with Crippen LogP contribution in [-0.4, -0.2) is 22.2 Å². The average Bonchev–Trinajstić information content (AvgIpc) is 2.59. The number of amides is 1. The van der Waals surface area contributed by atoms with Crippen LogP contribution in [0.3, 0.4) is 0 Å². The van der Waals surface area contributed by atoms with Crippen LogP contribution >= 0.6 is 27.5 Å². The maximum atomic E-state index is 12.0. The summed E-state index contributed by atoms with van der Waals surface area (Å²) < 4.78 is 0.807. The van der Waals surface area contributed by atoms with Crippen LogP contribution in [0.2, 0.25) is 5.02 Å². The number of carbonyl (C=O) groups excluding carboxylic acids is 1. The summed E-state index contributed by atoms with van der Waals surface area (Å²) in [5.41, 5.74) is 3.95. The van der Waals surface area contributed by atoms with Crippen LogP contribution in [0.5, 0.6) is 5.75 Å². The highest BCUT2D eigenvalue weighted by atomic mass is 79.9. The molecular weight excluding hydrogens is 394 g/mol. The first kappa shape index (κ1) is 16.4.